The topological polar surface area (TPSA) is 78.4 Å². The lowest BCUT2D eigenvalue weighted by molar-refractivity contribution is -0.141. The number of unbranched alkanes of at least 4 members (excludes halogenated alkanes) is 7. The van der Waals surface area contributed by atoms with Gasteiger partial charge in [0.05, 0.1) is 0 Å². The number of carbonyl (C=O) groups excluding carboxylic acids is 1. The third kappa shape index (κ3) is 12.0. The third-order valence-corrected chi connectivity index (χ3v) is 3.23. The van der Waals surface area contributed by atoms with Crippen LogP contribution >= 0.6 is 0 Å². The highest BCUT2D eigenvalue weighted by atomic mass is 16.4. The molecule has 0 saturated heterocycles. The van der Waals surface area contributed by atoms with Crippen LogP contribution in [0.4, 0.5) is 0 Å². The molecule has 0 aromatic carbocycles. The number of nitrogens with one attached hydrogen (secondary N) is 2. The Labute approximate surface area is 122 Å². The molecule has 0 aliphatic carbocycles. The molecule has 0 spiro atoms. The van der Waals surface area contributed by atoms with Crippen LogP contribution in [0.3, 0.4) is 0 Å². The first-order valence-electron chi connectivity index (χ1n) is 7.78. The number of hydrogen-bond donors (Lipinski definition) is 3. The van der Waals surface area contributed by atoms with Crippen molar-refractivity contribution in [1.82, 2.24) is 10.6 Å². The maximum Gasteiger partial charge on any atom is 0.327 e. The predicted molar refractivity (Wildman–Crippen MR) is 80.7 cm³/mol. The molecule has 0 heterocycles. The molecule has 118 valence electrons. The molecule has 3 N–H and O–H groups in total. The van der Waals surface area contributed by atoms with Gasteiger partial charge in [0, 0.05) is 13.5 Å². The Kier molecular flexibility index (Phi) is 12.2. The van der Waals surface area contributed by atoms with Crippen LogP contribution in [0.2, 0.25) is 0 Å². The lowest BCUT2D eigenvalue weighted by atomic mass is 10.1. The Morgan fingerprint density at radius 1 is 1.00 bits per heavy atom. The summed E-state index contributed by atoms with van der Waals surface area (Å²) in [5.74, 6) is -1.31. The molecule has 0 aromatic rings. The Balaban J connectivity index is 3.41. The Morgan fingerprint density at radius 2 is 1.55 bits per heavy atom. The molecule has 1 amide bonds. The summed E-state index contributed by atoms with van der Waals surface area (Å²) in [5.41, 5.74) is 0. The second kappa shape index (κ2) is 12.9. The SMILES string of the molecule is CCCCCCCCCCNCC(NC(C)=O)C(=O)O. The minimum Gasteiger partial charge on any atom is -0.480 e. The van der Waals surface area contributed by atoms with Crippen molar-refractivity contribution in [3.63, 3.8) is 0 Å². The summed E-state index contributed by atoms with van der Waals surface area (Å²) in [6.45, 7) is 4.63. The maximum absolute atomic E-state index is 10.9. The fourth-order valence-electron chi connectivity index (χ4n) is 2.08. The highest BCUT2D eigenvalue weighted by Crippen LogP contribution is 2.07. The fourth-order valence-corrected chi connectivity index (χ4v) is 2.08. The second-order valence-corrected chi connectivity index (χ2v) is 5.27. The number of hydrogen-bond acceptors (Lipinski definition) is 3. The van der Waals surface area contributed by atoms with E-state index in [9.17, 15) is 9.59 Å². The summed E-state index contributed by atoms with van der Waals surface area (Å²) in [6.07, 6.45) is 10.1. The molecular weight excluding hydrogens is 256 g/mol. The van der Waals surface area contributed by atoms with Gasteiger partial charge in [0.15, 0.2) is 0 Å². The molecule has 20 heavy (non-hydrogen) atoms. The van der Waals surface area contributed by atoms with Gasteiger partial charge in [-0.1, -0.05) is 51.9 Å². The quantitative estimate of drug-likeness (QED) is 0.454. The summed E-state index contributed by atoms with van der Waals surface area (Å²) < 4.78 is 0. The summed E-state index contributed by atoms with van der Waals surface area (Å²) in [5, 5.41) is 14.4. The van der Waals surface area contributed by atoms with Crippen LogP contribution in [-0.4, -0.2) is 36.1 Å². The lowest BCUT2D eigenvalue weighted by Crippen LogP contribution is -2.46. The average molecular weight is 286 g/mol. The van der Waals surface area contributed by atoms with E-state index in [1.54, 1.807) is 0 Å². The lowest BCUT2D eigenvalue weighted by Gasteiger charge is -2.13. The van der Waals surface area contributed by atoms with Gasteiger partial charge in [0.1, 0.15) is 6.04 Å². The van der Waals surface area contributed by atoms with Crippen LogP contribution in [0.5, 0.6) is 0 Å². The Hall–Kier alpha value is -1.10. The van der Waals surface area contributed by atoms with Crippen molar-refractivity contribution >= 4 is 11.9 Å². The minimum absolute atomic E-state index is 0.283. The van der Waals surface area contributed by atoms with Crippen molar-refractivity contribution in [3.8, 4) is 0 Å². The van der Waals surface area contributed by atoms with Crippen LogP contribution in [0.25, 0.3) is 0 Å². The summed E-state index contributed by atoms with van der Waals surface area (Å²) in [7, 11) is 0. The van der Waals surface area contributed by atoms with Gasteiger partial charge in [-0.15, -0.1) is 0 Å². The summed E-state index contributed by atoms with van der Waals surface area (Å²) >= 11 is 0. The minimum atomic E-state index is -0.997. The van der Waals surface area contributed by atoms with Crippen molar-refractivity contribution in [2.45, 2.75) is 71.3 Å². The molecule has 5 nitrogen and oxygen atoms in total. The first-order chi connectivity index (χ1) is 9.57. The van der Waals surface area contributed by atoms with Gasteiger partial charge in [0.25, 0.3) is 0 Å². The largest absolute Gasteiger partial charge is 0.480 e. The van der Waals surface area contributed by atoms with Crippen molar-refractivity contribution in [1.29, 1.82) is 0 Å². The normalized spacial score (nSPS) is 12.1. The molecule has 0 radical (unpaired) electrons. The number of carbonyl (C=O) groups is 2. The van der Waals surface area contributed by atoms with Crippen LogP contribution in [0.1, 0.15) is 65.2 Å². The number of carboxylic acid groups (broad SMARTS) is 1. The Morgan fingerprint density at radius 3 is 2.05 bits per heavy atom. The van der Waals surface area contributed by atoms with Crippen molar-refractivity contribution in [2.75, 3.05) is 13.1 Å². The molecule has 0 saturated carbocycles. The zero-order valence-electron chi connectivity index (χ0n) is 12.9. The first-order valence-corrected chi connectivity index (χ1v) is 7.78. The molecule has 5 heteroatoms. The Bertz CT molecular complexity index is 270. The van der Waals surface area contributed by atoms with E-state index in [-0.39, 0.29) is 12.5 Å². The third-order valence-electron chi connectivity index (χ3n) is 3.23. The van der Waals surface area contributed by atoms with Crippen LogP contribution in [0, 0.1) is 0 Å². The number of aliphatic carboxylic acids is 1. The molecular formula is C15H30N2O3. The van der Waals surface area contributed by atoms with E-state index in [0.717, 1.165) is 13.0 Å². The second-order valence-electron chi connectivity index (χ2n) is 5.27. The van der Waals surface area contributed by atoms with Crippen molar-refractivity contribution in [3.05, 3.63) is 0 Å². The smallest absolute Gasteiger partial charge is 0.327 e. The molecule has 0 fully saturated rings. The molecule has 1 unspecified atom stereocenters. The molecule has 0 aliphatic rings. The number of amides is 1. The van der Waals surface area contributed by atoms with E-state index in [1.807, 2.05) is 0 Å². The zero-order chi connectivity index (χ0) is 15.2. The van der Waals surface area contributed by atoms with Gasteiger partial charge in [-0.2, -0.15) is 0 Å². The van der Waals surface area contributed by atoms with Crippen LogP contribution in [0.15, 0.2) is 0 Å². The van der Waals surface area contributed by atoms with Gasteiger partial charge >= 0.3 is 5.97 Å². The summed E-state index contributed by atoms with van der Waals surface area (Å²) in [6, 6.07) is -0.832. The standard InChI is InChI=1S/C15H30N2O3/c1-3-4-5-6-7-8-9-10-11-16-12-14(15(19)20)17-13(2)18/h14,16H,3-12H2,1-2H3,(H,17,18)(H,19,20). The molecule has 0 bridgehead atoms. The van der Waals surface area contributed by atoms with E-state index in [2.05, 4.69) is 17.6 Å². The summed E-state index contributed by atoms with van der Waals surface area (Å²) in [4.78, 5) is 21.7. The van der Waals surface area contributed by atoms with Crippen LogP contribution < -0.4 is 10.6 Å². The van der Waals surface area contributed by atoms with Gasteiger partial charge in [-0.3, -0.25) is 4.79 Å². The van der Waals surface area contributed by atoms with Gasteiger partial charge in [0.2, 0.25) is 5.91 Å². The molecule has 0 rings (SSSR count). The maximum atomic E-state index is 10.9. The fraction of sp³-hybridized carbons (Fsp3) is 0.867. The highest BCUT2D eigenvalue weighted by molar-refractivity contribution is 5.82. The van der Waals surface area contributed by atoms with E-state index in [4.69, 9.17) is 5.11 Å². The molecule has 0 aromatic heterocycles. The zero-order valence-corrected chi connectivity index (χ0v) is 12.9. The number of carboxylic acids is 1. The molecule has 1 atom stereocenters. The predicted octanol–water partition coefficient (Wildman–Crippen LogP) is 2.31. The van der Waals surface area contributed by atoms with Gasteiger partial charge < -0.3 is 15.7 Å². The van der Waals surface area contributed by atoms with E-state index < -0.39 is 12.0 Å². The van der Waals surface area contributed by atoms with Gasteiger partial charge in [-0.05, 0) is 13.0 Å². The number of rotatable bonds is 13. The average Bonchev–Trinajstić information content (AvgIpc) is 2.39. The van der Waals surface area contributed by atoms with Crippen molar-refractivity contribution < 1.29 is 14.7 Å². The van der Waals surface area contributed by atoms with E-state index in [1.165, 1.54) is 51.9 Å². The highest BCUT2D eigenvalue weighted by Gasteiger charge is 2.17. The van der Waals surface area contributed by atoms with E-state index >= 15 is 0 Å². The monoisotopic (exact) mass is 286 g/mol. The van der Waals surface area contributed by atoms with Crippen LogP contribution in [-0.2, 0) is 9.59 Å². The van der Waals surface area contributed by atoms with Gasteiger partial charge in [-0.25, -0.2) is 4.79 Å². The van der Waals surface area contributed by atoms with Crippen molar-refractivity contribution in [2.24, 2.45) is 0 Å². The van der Waals surface area contributed by atoms with E-state index in [0.29, 0.717) is 0 Å². The molecule has 0 aliphatic heterocycles. The first kappa shape index (κ1) is 18.9.